The molecule has 2 nitrogen and oxygen atoms in total. The highest BCUT2D eigenvalue weighted by atomic mass is 35.5. The molecule has 1 amide bonds. The molecule has 1 unspecified atom stereocenters. The monoisotopic (exact) mass is 331 g/mol. The van der Waals surface area contributed by atoms with Crippen molar-refractivity contribution in [2.24, 2.45) is 0 Å². The molecule has 0 saturated heterocycles. The Balaban J connectivity index is 2.17. The van der Waals surface area contributed by atoms with Crippen LogP contribution >= 0.6 is 11.6 Å². The molecule has 0 aliphatic rings. The molecule has 0 aliphatic heterocycles. The van der Waals surface area contributed by atoms with Crippen molar-refractivity contribution in [3.8, 4) is 0 Å². The molecule has 0 aliphatic carbocycles. The van der Waals surface area contributed by atoms with Crippen LogP contribution in [0, 0.1) is 5.82 Å². The van der Waals surface area contributed by atoms with Crippen LogP contribution in [0.4, 0.5) is 23.2 Å². The summed E-state index contributed by atoms with van der Waals surface area (Å²) in [5, 5.41) is 0.891. The number of anilines is 1. The third-order valence-corrected chi connectivity index (χ3v) is 3.30. The van der Waals surface area contributed by atoms with Crippen LogP contribution < -0.4 is 5.32 Å². The van der Waals surface area contributed by atoms with Crippen molar-refractivity contribution < 1.29 is 22.4 Å². The number of benzene rings is 2. The third kappa shape index (κ3) is 3.76. The van der Waals surface area contributed by atoms with E-state index in [0.717, 1.165) is 24.3 Å². The van der Waals surface area contributed by atoms with Crippen LogP contribution in [0.25, 0.3) is 0 Å². The van der Waals surface area contributed by atoms with Crippen LogP contribution in [-0.4, -0.2) is 5.91 Å². The van der Waals surface area contributed by atoms with Crippen molar-refractivity contribution >= 4 is 23.2 Å². The van der Waals surface area contributed by atoms with E-state index in [-0.39, 0.29) is 11.3 Å². The Bertz CT molecular complexity index is 687. The molecule has 22 heavy (non-hydrogen) atoms. The van der Waals surface area contributed by atoms with Gasteiger partial charge in [-0.05, 0) is 24.3 Å². The van der Waals surface area contributed by atoms with E-state index in [2.05, 4.69) is 5.32 Å². The van der Waals surface area contributed by atoms with Crippen molar-refractivity contribution in [1.82, 2.24) is 0 Å². The fourth-order valence-corrected chi connectivity index (χ4v) is 2.03. The molecule has 7 heteroatoms. The largest absolute Gasteiger partial charge is 0.416 e. The van der Waals surface area contributed by atoms with Gasteiger partial charge in [0, 0.05) is 11.3 Å². The summed E-state index contributed by atoms with van der Waals surface area (Å²) in [5.41, 5.74) is -1.02. The predicted molar refractivity (Wildman–Crippen MR) is 75.1 cm³/mol. The summed E-state index contributed by atoms with van der Waals surface area (Å²) in [6, 6.07) is 9.52. The fraction of sp³-hybridized carbons (Fsp3) is 0.133. The first-order valence-electron chi connectivity index (χ1n) is 6.15. The molecule has 1 N–H and O–H groups in total. The van der Waals surface area contributed by atoms with Crippen molar-refractivity contribution in [2.45, 2.75) is 11.6 Å². The minimum absolute atomic E-state index is 0.0476. The number of alkyl halides is 4. The SMILES string of the molecule is O=C(Nc1cccc(C(F)(F)F)c1)C(Cl)c1ccccc1F. The van der Waals surface area contributed by atoms with Gasteiger partial charge in [-0.25, -0.2) is 4.39 Å². The second-order valence-electron chi connectivity index (χ2n) is 4.45. The molecular weight excluding hydrogens is 322 g/mol. The molecule has 116 valence electrons. The van der Waals surface area contributed by atoms with E-state index in [0.29, 0.717) is 0 Å². The zero-order chi connectivity index (χ0) is 16.3. The number of amides is 1. The molecule has 0 heterocycles. The molecule has 1 atom stereocenters. The molecule has 2 rings (SSSR count). The van der Waals surface area contributed by atoms with Crippen molar-refractivity contribution in [3.63, 3.8) is 0 Å². The van der Waals surface area contributed by atoms with Crippen molar-refractivity contribution in [1.29, 1.82) is 0 Å². The zero-order valence-corrected chi connectivity index (χ0v) is 11.8. The lowest BCUT2D eigenvalue weighted by Gasteiger charge is -2.13. The lowest BCUT2D eigenvalue weighted by molar-refractivity contribution is -0.137. The van der Waals surface area contributed by atoms with Crippen LogP contribution in [0.3, 0.4) is 0 Å². The summed E-state index contributed by atoms with van der Waals surface area (Å²) in [7, 11) is 0. The van der Waals surface area contributed by atoms with Gasteiger partial charge in [0.05, 0.1) is 5.56 Å². The van der Waals surface area contributed by atoms with Gasteiger partial charge in [-0.3, -0.25) is 4.79 Å². The summed E-state index contributed by atoms with van der Waals surface area (Å²) in [4.78, 5) is 11.9. The standard InChI is InChI=1S/C15H10ClF4NO/c16-13(11-6-1-2-7-12(11)17)14(22)21-10-5-3-4-9(8-10)15(18,19)20/h1-8,13H,(H,21,22). The quantitative estimate of drug-likeness (QED) is 0.637. The molecule has 0 bridgehead atoms. The van der Waals surface area contributed by atoms with E-state index in [9.17, 15) is 22.4 Å². The van der Waals surface area contributed by atoms with Crippen LogP contribution in [-0.2, 0) is 11.0 Å². The van der Waals surface area contributed by atoms with E-state index >= 15 is 0 Å². The van der Waals surface area contributed by atoms with Gasteiger partial charge in [-0.15, -0.1) is 11.6 Å². The van der Waals surface area contributed by atoms with Crippen molar-refractivity contribution in [2.75, 3.05) is 5.32 Å². The Kier molecular flexibility index (Phi) is 4.71. The normalized spacial score (nSPS) is 12.8. The lowest BCUT2D eigenvalue weighted by atomic mass is 10.1. The number of hydrogen-bond donors (Lipinski definition) is 1. The summed E-state index contributed by atoms with van der Waals surface area (Å²) in [6.07, 6.45) is -4.52. The van der Waals surface area contributed by atoms with E-state index in [1.807, 2.05) is 0 Å². The molecular formula is C15H10ClF4NO. The van der Waals surface area contributed by atoms with Crippen molar-refractivity contribution in [3.05, 3.63) is 65.5 Å². The number of carbonyl (C=O) groups excluding carboxylic acids is 1. The van der Waals surface area contributed by atoms with E-state index in [1.54, 1.807) is 0 Å². The van der Waals surface area contributed by atoms with Gasteiger partial charge in [0.1, 0.15) is 11.2 Å². The Morgan fingerprint density at radius 1 is 1.09 bits per heavy atom. The molecule has 0 fully saturated rings. The Labute approximate surface area is 128 Å². The average molecular weight is 332 g/mol. The van der Waals surface area contributed by atoms with Gasteiger partial charge in [-0.2, -0.15) is 13.2 Å². The summed E-state index contributed by atoms with van der Waals surface area (Å²) in [5.74, 6) is -1.48. The molecule has 2 aromatic rings. The van der Waals surface area contributed by atoms with Crippen LogP contribution in [0.2, 0.25) is 0 Å². The van der Waals surface area contributed by atoms with E-state index in [4.69, 9.17) is 11.6 Å². The summed E-state index contributed by atoms with van der Waals surface area (Å²) >= 11 is 5.87. The highest BCUT2D eigenvalue weighted by Gasteiger charge is 2.30. The fourth-order valence-electron chi connectivity index (χ4n) is 1.80. The summed E-state index contributed by atoms with van der Waals surface area (Å²) in [6.45, 7) is 0. The van der Waals surface area contributed by atoms with E-state index < -0.39 is 28.8 Å². The predicted octanol–water partition coefficient (Wildman–Crippen LogP) is 4.76. The maximum atomic E-state index is 13.5. The van der Waals surface area contributed by atoms with Gasteiger partial charge < -0.3 is 5.32 Å². The average Bonchev–Trinajstić information content (AvgIpc) is 2.46. The van der Waals surface area contributed by atoms with Crippen LogP contribution in [0.5, 0.6) is 0 Å². The molecule has 2 aromatic carbocycles. The minimum Gasteiger partial charge on any atom is -0.324 e. The Morgan fingerprint density at radius 3 is 2.41 bits per heavy atom. The smallest absolute Gasteiger partial charge is 0.324 e. The van der Waals surface area contributed by atoms with Gasteiger partial charge in [0.2, 0.25) is 5.91 Å². The maximum Gasteiger partial charge on any atom is 0.416 e. The highest BCUT2D eigenvalue weighted by molar-refractivity contribution is 6.32. The number of hydrogen-bond acceptors (Lipinski definition) is 1. The zero-order valence-electron chi connectivity index (χ0n) is 11.0. The number of halogens is 5. The number of carbonyl (C=O) groups is 1. The minimum atomic E-state index is -4.52. The molecule has 0 saturated carbocycles. The Morgan fingerprint density at radius 2 is 1.77 bits per heavy atom. The first kappa shape index (κ1) is 16.3. The van der Waals surface area contributed by atoms with Gasteiger partial charge in [-0.1, -0.05) is 24.3 Å². The van der Waals surface area contributed by atoms with Crippen LogP contribution in [0.1, 0.15) is 16.5 Å². The molecule has 0 aromatic heterocycles. The first-order chi connectivity index (χ1) is 10.3. The number of nitrogens with one attached hydrogen (secondary N) is 1. The maximum absolute atomic E-state index is 13.5. The van der Waals surface area contributed by atoms with E-state index in [1.165, 1.54) is 24.3 Å². The van der Waals surface area contributed by atoms with Gasteiger partial charge >= 0.3 is 6.18 Å². The second-order valence-corrected chi connectivity index (χ2v) is 4.89. The highest BCUT2D eigenvalue weighted by Crippen LogP contribution is 2.31. The third-order valence-electron chi connectivity index (χ3n) is 2.87. The first-order valence-corrected chi connectivity index (χ1v) is 6.59. The topological polar surface area (TPSA) is 29.1 Å². The lowest BCUT2D eigenvalue weighted by Crippen LogP contribution is -2.18. The molecule has 0 radical (unpaired) electrons. The van der Waals surface area contributed by atoms with Gasteiger partial charge in [0.25, 0.3) is 0 Å². The molecule has 0 spiro atoms. The van der Waals surface area contributed by atoms with Gasteiger partial charge in [0.15, 0.2) is 0 Å². The Hall–Kier alpha value is -2.08. The number of rotatable bonds is 3. The second kappa shape index (κ2) is 6.36. The summed E-state index contributed by atoms with van der Waals surface area (Å²) < 4.78 is 51.3. The van der Waals surface area contributed by atoms with Crippen LogP contribution in [0.15, 0.2) is 48.5 Å².